The Bertz CT molecular complexity index is 655. The number of fused-ring (bicyclic) bond motifs is 1. The maximum atomic E-state index is 11.9. The van der Waals surface area contributed by atoms with Gasteiger partial charge in [0.2, 0.25) is 0 Å². The topological polar surface area (TPSA) is 73.6 Å². The minimum Gasteiger partial charge on any atom is -0.315 e. The summed E-state index contributed by atoms with van der Waals surface area (Å²) >= 11 is 0. The molecule has 17 heavy (non-hydrogen) atoms. The molecule has 0 saturated carbocycles. The Morgan fingerprint density at radius 1 is 1.47 bits per heavy atom. The molecule has 86 valence electrons. The van der Waals surface area contributed by atoms with Crippen molar-refractivity contribution in [1.29, 1.82) is 5.26 Å². The molecule has 0 bridgehead atoms. The molecule has 1 fully saturated rings. The Hall–Kier alpha value is -2.06. The summed E-state index contributed by atoms with van der Waals surface area (Å²) in [5, 5.41) is 12.1. The van der Waals surface area contributed by atoms with Crippen molar-refractivity contribution in [3.05, 3.63) is 34.2 Å². The van der Waals surface area contributed by atoms with Crippen LogP contribution in [0.1, 0.15) is 18.0 Å². The van der Waals surface area contributed by atoms with Crippen LogP contribution in [0.3, 0.4) is 0 Å². The molecule has 0 aliphatic carbocycles. The first-order chi connectivity index (χ1) is 8.29. The fourth-order valence-electron chi connectivity index (χ4n) is 2.42. The molecule has 1 aromatic heterocycles. The number of hydrogen-bond acceptors (Lipinski definition) is 3. The van der Waals surface area contributed by atoms with E-state index in [1.165, 1.54) is 0 Å². The van der Waals surface area contributed by atoms with Crippen LogP contribution in [0.5, 0.6) is 0 Å². The van der Waals surface area contributed by atoms with Crippen LogP contribution in [0.15, 0.2) is 23.0 Å². The lowest BCUT2D eigenvalue weighted by atomic mass is 10.2. The van der Waals surface area contributed by atoms with Gasteiger partial charge in [0.15, 0.2) is 0 Å². The zero-order valence-corrected chi connectivity index (χ0v) is 9.23. The van der Waals surface area contributed by atoms with E-state index in [9.17, 15) is 4.79 Å². The van der Waals surface area contributed by atoms with Gasteiger partial charge in [-0.1, -0.05) is 0 Å². The fraction of sp³-hybridized carbons (Fsp3) is 0.333. The van der Waals surface area contributed by atoms with E-state index in [-0.39, 0.29) is 11.7 Å². The average molecular weight is 228 g/mol. The highest BCUT2D eigenvalue weighted by molar-refractivity contribution is 5.77. The lowest BCUT2D eigenvalue weighted by molar-refractivity contribution is 0.546. The van der Waals surface area contributed by atoms with Crippen molar-refractivity contribution < 1.29 is 0 Å². The zero-order chi connectivity index (χ0) is 11.8. The summed E-state index contributed by atoms with van der Waals surface area (Å²) < 4.78 is 1.79. The maximum Gasteiger partial charge on any atom is 0.326 e. The van der Waals surface area contributed by atoms with E-state index in [1.807, 2.05) is 6.07 Å². The molecule has 1 atom stereocenters. The number of H-pyrrole nitrogens is 1. The number of nitrogens with one attached hydrogen (secondary N) is 2. The summed E-state index contributed by atoms with van der Waals surface area (Å²) in [6, 6.07) is 7.59. The van der Waals surface area contributed by atoms with Gasteiger partial charge in [-0.25, -0.2) is 4.79 Å². The van der Waals surface area contributed by atoms with Gasteiger partial charge in [0.25, 0.3) is 0 Å². The molecule has 0 radical (unpaired) electrons. The summed E-state index contributed by atoms with van der Waals surface area (Å²) in [6.45, 7) is 1.77. The number of nitriles is 1. The first-order valence-electron chi connectivity index (χ1n) is 5.64. The van der Waals surface area contributed by atoms with Crippen molar-refractivity contribution in [1.82, 2.24) is 14.9 Å². The van der Waals surface area contributed by atoms with Gasteiger partial charge < -0.3 is 10.3 Å². The molecule has 5 nitrogen and oxygen atoms in total. The fourth-order valence-corrected chi connectivity index (χ4v) is 2.42. The van der Waals surface area contributed by atoms with E-state index < -0.39 is 0 Å². The molecule has 1 saturated heterocycles. The Morgan fingerprint density at radius 3 is 3.06 bits per heavy atom. The van der Waals surface area contributed by atoms with Crippen molar-refractivity contribution in [2.75, 3.05) is 13.1 Å². The number of aromatic nitrogens is 2. The monoisotopic (exact) mass is 228 g/mol. The molecule has 2 heterocycles. The quantitative estimate of drug-likeness (QED) is 0.756. The third-order valence-electron chi connectivity index (χ3n) is 3.25. The van der Waals surface area contributed by atoms with Crippen molar-refractivity contribution in [2.45, 2.75) is 12.5 Å². The molecule has 0 spiro atoms. The molecule has 2 N–H and O–H groups in total. The minimum absolute atomic E-state index is 0.0937. The van der Waals surface area contributed by atoms with E-state index >= 15 is 0 Å². The first kappa shape index (κ1) is 10.1. The number of aromatic amines is 1. The highest BCUT2D eigenvalue weighted by Gasteiger charge is 2.20. The van der Waals surface area contributed by atoms with Gasteiger partial charge in [-0.2, -0.15) is 5.26 Å². The molecule has 5 heteroatoms. The van der Waals surface area contributed by atoms with Crippen LogP contribution in [0.4, 0.5) is 0 Å². The predicted octanol–water partition coefficient (Wildman–Crippen LogP) is 0.736. The summed E-state index contributed by atoms with van der Waals surface area (Å²) in [5.74, 6) is 0. The standard InChI is InChI=1S/C12H12N4O/c13-6-8-1-2-11-10(5-8)15-12(17)16(11)9-3-4-14-7-9/h1-2,5,9,14H,3-4,7H2,(H,15,17)/t9-/m0/s1. The third kappa shape index (κ3) is 1.54. The average Bonchev–Trinajstić information content (AvgIpc) is 2.93. The Kier molecular flexibility index (Phi) is 2.23. The summed E-state index contributed by atoms with van der Waals surface area (Å²) in [6.07, 6.45) is 0.965. The molecular weight excluding hydrogens is 216 g/mol. The number of benzene rings is 1. The molecular formula is C12H12N4O. The van der Waals surface area contributed by atoms with Gasteiger partial charge in [-0.3, -0.25) is 4.57 Å². The van der Waals surface area contributed by atoms with Crippen LogP contribution in [0.2, 0.25) is 0 Å². The summed E-state index contributed by atoms with van der Waals surface area (Å²) in [5.41, 5.74) is 2.09. The number of rotatable bonds is 1. The van der Waals surface area contributed by atoms with Crippen LogP contribution >= 0.6 is 0 Å². The molecule has 0 amide bonds. The van der Waals surface area contributed by atoms with E-state index in [1.54, 1.807) is 16.7 Å². The third-order valence-corrected chi connectivity index (χ3v) is 3.25. The molecule has 1 aliphatic heterocycles. The SMILES string of the molecule is N#Cc1ccc2c(c1)[nH]c(=O)n2[C@H]1CCNC1. The van der Waals surface area contributed by atoms with Gasteiger partial charge in [0, 0.05) is 6.54 Å². The van der Waals surface area contributed by atoms with Crippen LogP contribution in [-0.2, 0) is 0 Å². The predicted molar refractivity (Wildman–Crippen MR) is 63.8 cm³/mol. The second kappa shape index (κ2) is 3.75. The summed E-state index contributed by atoms with van der Waals surface area (Å²) in [7, 11) is 0. The van der Waals surface area contributed by atoms with Crippen molar-refractivity contribution >= 4 is 11.0 Å². The van der Waals surface area contributed by atoms with E-state index in [0.29, 0.717) is 5.56 Å². The smallest absolute Gasteiger partial charge is 0.315 e. The minimum atomic E-state index is -0.0937. The molecule has 2 aromatic rings. The zero-order valence-electron chi connectivity index (χ0n) is 9.23. The number of nitrogens with zero attached hydrogens (tertiary/aromatic N) is 2. The number of hydrogen-bond donors (Lipinski definition) is 2. The van der Waals surface area contributed by atoms with Gasteiger partial charge in [-0.15, -0.1) is 0 Å². The highest BCUT2D eigenvalue weighted by atomic mass is 16.1. The lowest BCUT2D eigenvalue weighted by Crippen LogP contribution is -2.23. The van der Waals surface area contributed by atoms with Crippen LogP contribution in [0, 0.1) is 11.3 Å². The van der Waals surface area contributed by atoms with E-state index in [0.717, 1.165) is 30.5 Å². The van der Waals surface area contributed by atoms with Gasteiger partial charge in [0.05, 0.1) is 28.7 Å². The van der Waals surface area contributed by atoms with E-state index in [2.05, 4.69) is 16.4 Å². The van der Waals surface area contributed by atoms with Gasteiger partial charge in [-0.05, 0) is 31.2 Å². The van der Waals surface area contributed by atoms with Crippen LogP contribution < -0.4 is 11.0 Å². The normalized spacial score (nSPS) is 19.6. The highest BCUT2D eigenvalue weighted by Crippen LogP contribution is 2.20. The second-order valence-electron chi connectivity index (χ2n) is 4.29. The van der Waals surface area contributed by atoms with Crippen molar-refractivity contribution in [3.8, 4) is 6.07 Å². The maximum absolute atomic E-state index is 11.9. The molecule has 3 rings (SSSR count). The van der Waals surface area contributed by atoms with Crippen LogP contribution in [-0.4, -0.2) is 22.6 Å². The largest absolute Gasteiger partial charge is 0.326 e. The lowest BCUT2D eigenvalue weighted by Gasteiger charge is -2.10. The Balaban J connectivity index is 2.21. The number of imidazole rings is 1. The molecule has 1 aliphatic rings. The van der Waals surface area contributed by atoms with Crippen molar-refractivity contribution in [2.24, 2.45) is 0 Å². The summed E-state index contributed by atoms with van der Waals surface area (Å²) in [4.78, 5) is 14.7. The molecule has 1 aromatic carbocycles. The Labute approximate surface area is 97.7 Å². The second-order valence-corrected chi connectivity index (χ2v) is 4.29. The first-order valence-corrected chi connectivity index (χ1v) is 5.64. The van der Waals surface area contributed by atoms with Crippen molar-refractivity contribution in [3.63, 3.8) is 0 Å². The van der Waals surface area contributed by atoms with Crippen LogP contribution in [0.25, 0.3) is 11.0 Å². The Morgan fingerprint density at radius 2 is 2.35 bits per heavy atom. The van der Waals surface area contributed by atoms with Gasteiger partial charge in [0.1, 0.15) is 0 Å². The van der Waals surface area contributed by atoms with E-state index in [4.69, 9.17) is 5.26 Å². The molecule has 0 unspecified atom stereocenters. The van der Waals surface area contributed by atoms with Gasteiger partial charge >= 0.3 is 5.69 Å².